The molecule has 3 heterocycles. The normalized spacial score (nSPS) is 10.9. The maximum atomic E-state index is 13.0. The van der Waals surface area contributed by atoms with Crippen molar-refractivity contribution in [2.24, 2.45) is 0 Å². The van der Waals surface area contributed by atoms with Gasteiger partial charge >= 0.3 is 0 Å². The molecule has 4 rings (SSSR count). The minimum absolute atomic E-state index is 0.198. The summed E-state index contributed by atoms with van der Waals surface area (Å²) in [6.07, 6.45) is 4.43. The first-order valence-corrected chi connectivity index (χ1v) is 9.07. The number of rotatable bonds is 5. The molecule has 7 nitrogen and oxygen atoms in total. The highest BCUT2D eigenvalue weighted by molar-refractivity contribution is 6.07. The molecule has 1 amide bonds. The molecular formula is C21H19N5O2. The summed E-state index contributed by atoms with van der Waals surface area (Å²) in [6, 6.07) is 13.5. The maximum Gasteiger partial charge on any atom is 0.262 e. The van der Waals surface area contributed by atoms with Crippen molar-refractivity contribution >= 4 is 22.9 Å². The summed E-state index contributed by atoms with van der Waals surface area (Å²) in [6.45, 7) is 4.47. The number of fused-ring (bicyclic) bond motifs is 1. The Labute approximate surface area is 161 Å². The SMILES string of the molecule is CCCn1c(NC(=O)c2c(C)oc(-n3cccc3)c2C#N)nc2ccccc21. The van der Waals surface area contributed by atoms with Crippen molar-refractivity contribution in [3.63, 3.8) is 0 Å². The number of aryl methyl sites for hydroxylation is 2. The zero-order chi connectivity index (χ0) is 19.7. The van der Waals surface area contributed by atoms with Crippen LogP contribution in [0.1, 0.15) is 35.0 Å². The first-order valence-electron chi connectivity index (χ1n) is 9.07. The van der Waals surface area contributed by atoms with E-state index < -0.39 is 5.91 Å². The number of nitrogens with one attached hydrogen (secondary N) is 1. The predicted octanol–water partition coefficient (Wildman–Crippen LogP) is 4.26. The van der Waals surface area contributed by atoms with Crippen LogP contribution < -0.4 is 5.32 Å². The standard InChI is InChI=1S/C21H19N5O2/c1-3-10-26-17-9-5-4-8-16(17)23-21(26)24-19(27)18-14(2)28-20(15(18)13-22)25-11-6-7-12-25/h4-9,11-12H,3,10H2,1-2H3,(H,23,24,27). The number of nitrogens with zero attached hydrogens (tertiary/aromatic N) is 4. The Morgan fingerprint density at radius 2 is 2.00 bits per heavy atom. The summed E-state index contributed by atoms with van der Waals surface area (Å²) < 4.78 is 9.38. The highest BCUT2D eigenvalue weighted by Crippen LogP contribution is 2.27. The molecule has 0 fully saturated rings. The van der Waals surface area contributed by atoms with E-state index in [9.17, 15) is 10.1 Å². The first kappa shape index (κ1) is 17.6. The fraction of sp³-hybridized carbons (Fsp3) is 0.190. The fourth-order valence-electron chi connectivity index (χ4n) is 3.34. The van der Waals surface area contributed by atoms with E-state index in [1.54, 1.807) is 23.9 Å². The lowest BCUT2D eigenvalue weighted by molar-refractivity contribution is 0.102. The number of anilines is 1. The number of amides is 1. The Balaban J connectivity index is 1.75. The number of nitriles is 1. The van der Waals surface area contributed by atoms with Gasteiger partial charge in [-0.25, -0.2) is 4.98 Å². The average Bonchev–Trinajstić information content (AvgIpc) is 3.40. The smallest absolute Gasteiger partial charge is 0.262 e. The average molecular weight is 373 g/mol. The molecule has 1 N–H and O–H groups in total. The van der Waals surface area contributed by atoms with E-state index in [1.165, 1.54) is 0 Å². The van der Waals surface area contributed by atoms with E-state index in [0.29, 0.717) is 17.6 Å². The first-order chi connectivity index (χ1) is 13.6. The Bertz CT molecular complexity index is 1190. The monoisotopic (exact) mass is 373 g/mol. The van der Waals surface area contributed by atoms with Crippen LogP contribution in [-0.4, -0.2) is 20.0 Å². The van der Waals surface area contributed by atoms with Gasteiger partial charge in [0.1, 0.15) is 23.0 Å². The lowest BCUT2D eigenvalue weighted by atomic mass is 10.1. The van der Waals surface area contributed by atoms with Gasteiger partial charge in [0.25, 0.3) is 5.91 Å². The molecule has 0 bridgehead atoms. The van der Waals surface area contributed by atoms with Crippen LogP contribution in [0.25, 0.3) is 16.9 Å². The summed E-state index contributed by atoms with van der Waals surface area (Å²) in [5.41, 5.74) is 2.19. The van der Waals surface area contributed by atoms with Gasteiger partial charge in [-0.1, -0.05) is 19.1 Å². The van der Waals surface area contributed by atoms with Crippen LogP contribution in [0, 0.1) is 18.3 Å². The van der Waals surface area contributed by atoms with Gasteiger partial charge in [0, 0.05) is 18.9 Å². The summed E-state index contributed by atoms with van der Waals surface area (Å²) in [5.74, 6) is 0.761. The van der Waals surface area contributed by atoms with Gasteiger partial charge in [-0.05, 0) is 37.6 Å². The molecule has 0 saturated carbocycles. The second-order valence-corrected chi connectivity index (χ2v) is 6.45. The molecule has 0 unspecified atom stereocenters. The summed E-state index contributed by atoms with van der Waals surface area (Å²) >= 11 is 0. The third-order valence-corrected chi connectivity index (χ3v) is 4.57. The molecule has 0 spiro atoms. The van der Waals surface area contributed by atoms with Crippen LogP contribution in [0.5, 0.6) is 0 Å². The Morgan fingerprint density at radius 1 is 1.25 bits per heavy atom. The third kappa shape index (κ3) is 2.85. The zero-order valence-electron chi connectivity index (χ0n) is 15.6. The largest absolute Gasteiger partial charge is 0.443 e. The molecule has 0 atom stereocenters. The summed E-state index contributed by atoms with van der Waals surface area (Å²) in [4.78, 5) is 17.6. The highest BCUT2D eigenvalue weighted by atomic mass is 16.4. The van der Waals surface area contributed by atoms with Crippen molar-refractivity contribution in [2.75, 3.05) is 5.32 Å². The van der Waals surface area contributed by atoms with Crippen LogP contribution >= 0.6 is 0 Å². The molecule has 28 heavy (non-hydrogen) atoms. The number of hydrogen-bond acceptors (Lipinski definition) is 4. The van der Waals surface area contributed by atoms with Crippen molar-refractivity contribution < 1.29 is 9.21 Å². The van der Waals surface area contributed by atoms with Crippen molar-refractivity contribution in [1.29, 1.82) is 5.26 Å². The van der Waals surface area contributed by atoms with Crippen LogP contribution in [0.15, 0.2) is 53.2 Å². The zero-order valence-corrected chi connectivity index (χ0v) is 15.6. The highest BCUT2D eigenvalue weighted by Gasteiger charge is 2.25. The van der Waals surface area contributed by atoms with Crippen LogP contribution in [-0.2, 0) is 6.54 Å². The number of para-hydroxylation sites is 2. The van der Waals surface area contributed by atoms with Crippen LogP contribution in [0.2, 0.25) is 0 Å². The van der Waals surface area contributed by atoms with Gasteiger partial charge in [-0.15, -0.1) is 0 Å². The van der Waals surface area contributed by atoms with E-state index >= 15 is 0 Å². The number of hydrogen-bond donors (Lipinski definition) is 1. The number of benzene rings is 1. The molecule has 1 aromatic carbocycles. The number of aromatic nitrogens is 3. The van der Waals surface area contributed by atoms with E-state index in [4.69, 9.17) is 4.42 Å². The summed E-state index contributed by atoms with van der Waals surface area (Å²) in [7, 11) is 0. The molecule has 0 aliphatic rings. The Kier molecular flexibility index (Phi) is 4.45. The molecular weight excluding hydrogens is 354 g/mol. The second kappa shape index (κ2) is 7.08. The van der Waals surface area contributed by atoms with Crippen molar-refractivity contribution in [3.05, 3.63) is 65.7 Å². The van der Waals surface area contributed by atoms with Gasteiger partial charge in [0.05, 0.1) is 11.0 Å². The van der Waals surface area contributed by atoms with Gasteiger partial charge in [-0.3, -0.25) is 14.7 Å². The Morgan fingerprint density at radius 3 is 2.71 bits per heavy atom. The van der Waals surface area contributed by atoms with E-state index in [-0.39, 0.29) is 11.1 Å². The number of carbonyl (C=O) groups excluding carboxylic acids is 1. The summed E-state index contributed by atoms with van der Waals surface area (Å²) in [5, 5.41) is 12.5. The maximum absolute atomic E-state index is 13.0. The molecule has 140 valence electrons. The van der Waals surface area contributed by atoms with Gasteiger partial charge < -0.3 is 8.98 Å². The van der Waals surface area contributed by atoms with E-state index in [1.807, 2.05) is 41.0 Å². The fourth-order valence-corrected chi connectivity index (χ4v) is 3.34. The lowest BCUT2D eigenvalue weighted by Crippen LogP contribution is -2.17. The predicted molar refractivity (Wildman–Crippen MR) is 105 cm³/mol. The quantitative estimate of drug-likeness (QED) is 0.566. The molecule has 7 heteroatoms. The van der Waals surface area contributed by atoms with Crippen molar-refractivity contribution in [3.8, 4) is 12.0 Å². The third-order valence-electron chi connectivity index (χ3n) is 4.57. The molecule has 4 aromatic rings. The van der Waals surface area contributed by atoms with Crippen molar-refractivity contribution in [2.45, 2.75) is 26.8 Å². The Hall–Kier alpha value is -3.79. The lowest BCUT2D eigenvalue weighted by Gasteiger charge is -2.08. The van der Waals surface area contributed by atoms with Gasteiger partial charge in [-0.2, -0.15) is 5.26 Å². The van der Waals surface area contributed by atoms with Crippen molar-refractivity contribution in [1.82, 2.24) is 14.1 Å². The number of carbonyl (C=O) groups is 1. The van der Waals surface area contributed by atoms with Gasteiger partial charge in [0.15, 0.2) is 0 Å². The minimum atomic E-state index is -0.413. The second-order valence-electron chi connectivity index (χ2n) is 6.45. The molecule has 3 aromatic heterocycles. The number of furan rings is 1. The molecule has 0 aliphatic heterocycles. The molecule has 0 aliphatic carbocycles. The van der Waals surface area contributed by atoms with E-state index in [0.717, 1.165) is 24.0 Å². The molecule has 0 radical (unpaired) electrons. The van der Waals surface area contributed by atoms with Gasteiger partial charge in [0.2, 0.25) is 11.8 Å². The number of imidazole rings is 1. The van der Waals surface area contributed by atoms with E-state index in [2.05, 4.69) is 23.3 Å². The minimum Gasteiger partial charge on any atom is -0.443 e. The topological polar surface area (TPSA) is 88.8 Å². The van der Waals surface area contributed by atoms with Crippen LogP contribution in [0.4, 0.5) is 5.95 Å². The van der Waals surface area contributed by atoms with Crippen LogP contribution in [0.3, 0.4) is 0 Å². The molecule has 0 saturated heterocycles.